The van der Waals surface area contributed by atoms with Crippen LogP contribution >= 0.6 is 0 Å². The molecule has 0 saturated heterocycles. The van der Waals surface area contributed by atoms with Crippen LogP contribution in [-0.2, 0) is 13.1 Å². The second-order valence-corrected chi connectivity index (χ2v) is 5.95. The Morgan fingerprint density at radius 1 is 1.19 bits per heavy atom. The average Bonchev–Trinajstić information content (AvgIpc) is 3.10. The van der Waals surface area contributed by atoms with Gasteiger partial charge < -0.3 is 0 Å². The van der Waals surface area contributed by atoms with Gasteiger partial charge in [0.05, 0.1) is 6.54 Å². The van der Waals surface area contributed by atoms with Crippen molar-refractivity contribution >= 4 is 0 Å². The summed E-state index contributed by atoms with van der Waals surface area (Å²) in [7, 11) is 0. The van der Waals surface area contributed by atoms with Crippen molar-refractivity contribution in [2.45, 2.75) is 58.5 Å². The van der Waals surface area contributed by atoms with E-state index in [4.69, 9.17) is 0 Å². The molecule has 0 atom stereocenters. The quantitative estimate of drug-likeness (QED) is 0.866. The van der Waals surface area contributed by atoms with E-state index in [1.165, 1.54) is 31.2 Å². The average molecular weight is 285 g/mol. The highest BCUT2D eigenvalue weighted by Crippen LogP contribution is 2.33. The van der Waals surface area contributed by atoms with Gasteiger partial charge in [0.2, 0.25) is 0 Å². The molecule has 1 aliphatic carbocycles. The lowest BCUT2D eigenvalue weighted by Gasteiger charge is -2.10. The summed E-state index contributed by atoms with van der Waals surface area (Å²) in [6.07, 6.45) is 5.35. The zero-order valence-electron chi connectivity index (χ0n) is 12.9. The molecule has 0 unspecified atom stereocenters. The van der Waals surface area contributed by atoms with Crippen LogP contribution in [0.2, 0.25) is 0 Å². The van der Waals surface area contributed by atoms with Crippen molar-refractivity contribution in [3.05, 3.63) is 51.7 Å². The Labute approximate surface area is 125 Å². The minimum Gasteiger partial charge on any atom is -0.279 e. The zero-order valence-corrected chi connectivity index (χ0v) is 12.9. The molecule has 4 heteroatoms. The molecule has 0 bridgehead atoms. The molecule has 0 amide bonds. The van der Waals surface area contributed by atoms with Crippen molar-refractivity contribution in [2.24, 2.45) is 0 Å². The van der Waals surface area contributed by atoms with Crippen LogP contribution < -0.4 is 5.69 Å². The highest BCUT2D eigenvalue weighted by atomic mass is 16.2. The van der Waals surface area contributed by atoms with Crippen LogP contribution in [0.15, 0.2) is 29.1 Å². The van der Waals surface area contributed by atoms with Gasteiger partial charge in [0, 0.05) is 6.54 Å². The molecule has 112 valence electrons. The summed E-state index contributed by atoms with van der Waals surface area (Å²) >= 11 is 0. The predicted molar refractivity (Wildman–Crippen MR) is 83.7 cm³/mol. The van der Waals surface area contributed by atoms with E-state index in [0.717, 1.165) is 17.3 Å². The molecule has 2 aromatic rings. The lowest BCUT2D eigenvalue weighted by Crippen LogP contribution is -2.25. The van der Waals surface area contributed by atoms with E-state index in [1.807, 2.05) is 13.8 Å². The van der Waals surface area contributed by atoms with Crippen LogP contribution in [0.4, 0.5) is 0 Å². The van der Waals surface area contributed by atoms with Gasteiger partial charge in [0.25, 0.3) is 0 Å². The molecule has 0 N–H and O–H groups in total. The maximum Gasteiger partial charge on any atom is 0.346 e. The van der Waals surface area contributed by atoms with Crippen LogP contribution in [0.25, 0.3) is 0 Å². The number of aryl methyl sites for hydroxylation is 1. The van der Waals surface area contributed by atoms with Gasteiger partial charge in [0.15, 0.2) is 0 Å². The Kier molecular flexibility index (Phi) is 3.95. The summed E-state index contributed by atoms with van der Waals surface area (Å²) < 4.78 is 3.26. The van der Waals surface area contributed by atoms with Crippen LogP contribution in [-0.4, -0.2) is 14.3 Å². The van der Waals surface area contributed by atoms with Gasteiger partial charge in [-0.15, -0.1) is 0 Å². The second kappa shape index (κ2) is 5.88. The number of benzene rings is 1. The molecule has 0 spiro atoms. The number of rotatable bonds is 4. The molecule has 0 radical (unpaired) electrons. The summed E-state index contributed by atoms with van der Waals surface area (Å²) in [5, 5.41) is 4.34. The Bertz CT molecular complexity index is 660. The lowest BCUT2D eigenvalue weighted by molar-refractivity contribution is 0.630. The van der Waals surface area contributed by atoms with Crippen molar-refractivity contribution in [3.63, 3.8) is 0 Å². The number of hydrogen-bond acceptors (Lipinski definition) is 2. The highest BCUT2D eigenvalue weighted by Gasteiger charge is 2.16. The van der Waals surface area contributed by atoms with Crippen molar-refractivity contribution in [1.82, 2.24) is 14.3 Å². The predicted octanol–water partition coefficient (Wildman–Crippen LogP) is 3.08. The summed E-state index contributed by atoms with van der Waals surface area (Å²) in [4.78, 5) is 12.2. The summed E-state index contributed by atoms with van der Waals surface area (Å²) in [6, 6.07) is 8.72. The van der Waals surface area contributed by atoms with Crippen molar-refractivity contribution in [1.29, 1.82) is 0 Å². The van der Waals surface area contributed by atoms with Crippen molar-refractivity contribution < 1.29 is 0 Å². The first-order valence-electron chi connectivity index (χ1n) is 7.92. The normalized spacial score (nSPS) is 15.7. The molecule has 1 heterocycles. The van der Waals surface area contributed by atoms with Crippen LogP contribution in [0.5, 0.6) is 0 Å². The van der Waals surface area contributed by atoms with E-state index in [0.29, 0.717) is 13.1 Å². The third-order valence-corrected chi connectivity index (χ3v) is 4.56. The van der Waals surface area contributed by atoms with E-state index in [1.54, 1.807) is 9.25 Å². The van der Waals surface area contributed by atoms with E-state index >= 15 is 0 Å². The van der Waals surface area contributed by atoms with Crippen LogP contribution in [0.3, 0.4) is 0 Å². The second-order valence-electron chi connectivity index (χ2n) is 5.95. The first-order chi connectivity index (χ1) is 10.2. The lowest BCUT2D eigenvalue weighted by atomic mass is 9.97. The van der Waals surface area contributed by atoms with Gasteiger partial charge in [-0.2, -0.15) is 5.10 Å². The molecule has 1 aliphatic rings. The van der Waals surface area contributed by atoms with Gasteiger partial charge in [-0.25, -0.2) is 9.48 Å². The molecule has 1 fully saturated rings. The Balaban J connectivity index is 1.77. The number of hydrogen-bond donors (Lipinski definition) is 0. The smallest absolute Gasteiger partial charge is 0.279 e. The largest absolute Gasteiger partial charge is 0.346 e. The molecule has 21 heavy (non-hydrogen) atoms. The SMILES string of the molecule is CCn1c(C)nn(Cc2ccc(C3CCCC3)cc2)c1=O. The minimum atomic E-state index is -0.0186. The fraction of sp³-hybridized carbons (Fsp3) is 0.529. The van der Waals surface area contributed by atoms with Crippen LogP contribution in [0, 0.1) is 6.92 Å². The van der Waals surface area contributed by atoms with Crippen molar-refractivity contribution in [2.75, 3.05) is 0 Å². The van der Waals surface area contributed by atoms with Crippen molar-refractivity contribution in [3.8, 4) is 0 Å². The van der Waals surface area contributed by atoms with Crippen LogP contribution in [0.1, 0.15) is 55.5 Å². The first-order valence-corrected chi connectivity index (χ1v) is 7.92. The molecule has 4 nitrogen and oxygen atoms in total. The molecule has 1 aromatic heterocycles. The minimum absolute atomic E-state index is 0.0186. The van der Waals surface area contributed by atoms with Gasteiger partial charge in [-0.1, -0.05) is 37.1 Å². The van der Waals surface area contributed by atoms with Gasteiger partial charge in [-0.3, -0.25) is 4.57 Å². The van der Waals surface area contributed by atoms with Gasteiger partial charge in [0.1, 0.15) is 5.82 Å². The zero-order chi connectivity index (χ0) is 14.8. The van der Waals surface area contributed by atoms with Gasteiger partial charge >= 0.3 is 5.69 Å². The maximum atomic E-state index is 12.2. The fourth-order valence-corrected chi connectivity index (χ4v) is 3.34. The topological polar surface area (TPSA) is 39.8 Å². The molecular weight excluding hydrogens is 262 g/mol. The van der Waals surface area contributed by atoms with Gasteiger partial charge in [-0.05, 0) is 43.7 Å². The number of aromatic nitrogens is 3. The Hall–Kier alpha value is -1.84. The molecule has 1 saturated carbocycles. The molecule has 1 aromatic carbocycles. The summed E-state index contributed by atoms with van der Waals surface area (Å²) in [5.74, 6) is 1.52. The maximum absolute atomic E-state index is 12.2. The fourth-order valence-electron chi connectivity index (χ4n) is 3.34. The third-order valence-electron chi connectivity index (χ3n) is 4.56. The Morgan fingerprint density at radius 2 is 1.86 bits per heavy atom. The number of nitrogens with zero attached hydrogens (tertiary/aromatic N) is 3. The summed E-state index contributed by atoms with van der Waals surface area (Å²) in [6.45, 7) is 5.07. The van der Waals surface area contributed by atoms with E-state index in [2.05, 4.69) is 29.4 Å². The highest BCUT2D eigenvalue weighted by molar-refractivity contribution is 5.26. The van der Waals surface area contributed by atoms with E-state index < -0.39 is 0 Å². The Morgan fingerprint density at radius 3 is 2.43 bits per heavy atom. The standard InChI is InChI=1S/C17H23N3O/c1-3-19-13(2)18-20(17(19)21)12-14-8-10-16(11-9-14)15-6-4-5-7-15/h8-11,15H,3-7,12H2,1-2H3. The summed E-state index contributed by atoms with van der Waals surface area (Å²) in [5.41, 5.74) is 2.56. The molecule has 0 aliphatic heterocycles. The molecule has 3 rings (SSSR count). The van der Waals surface area contributed by atoms with E-state index in [-0.39, 0.29) is 5.69 Å². The monoisotopic (exact) mass is 285 g/mol. The van der Waals surface area contributed by atoms with E-state index in [9.17, 15) is 4.79 Å². The molecular formula is C17H23N3O. The first kappa shape index (κ1) is 14.1. The third kappa shape index (κ3) is 2.80.